The summed E-state index contributed by atoms with van der Waals surface area (Å²) in [5.74, 6) is 0.472. The number of likely N-dealkylation sites (N-methyl/N-ethyl adjacent to an activating group) is 1. The summed E-state index contributed by atoms with van der Waals surface area (Å²) in [6, 6.07) is 5.76. The van der Waals surface area contributed by atoms with E-state index in [1.807, 2.05) is 12.1 Å². The van der Waals surface area contributed by atoms with Crippen LogP contribution in [0.25, 0.3) is 11.0 Å². The third kappa shape index (κ3) is 4.43. The molecule has 0 bridgehead atoms. The van der Waals surface area contributed by atoms with Crippen molar-refractivity contribution in [3.8, 4) is 0 Å². The van der Waals surface area contributed by atoms with Crippen molar-refractivity contribution < 1.29 is 4.79 Å². The zero-order chi connectivity index (χ0) is 19.4. The van der Waals surface area contributed by atoms with Crippen LogP contribution in [0, 0.1) is 5.92 Å². The average Bonchev–Trinajstić information content (AvgIpc) is 2.99. The van der Waals surface area contributed by atoms with Crippen LogP contribution in [0.2, 0.25) is 0 Å². The van der Waals surface area contributed by atoms with Crippen LogP contribution in [0.15, 0.2) is 23.0 Å². The highest BCUT2D eigenvalue weighted by molar-refractivity contribution is 5.97. The van der Waals surface area contributed by atoms with Gasteiger partial charge in [0.2, 0.25) is 0 Å². The molecule has 1 amide bonds. The summed E-state index contributed by atoms with van der Waals surface area (Å²) in [4.78, 5) is 30.2. The molecule has 0 spiro atoms. The smallest absolute Gasteiger partial charge is 0.326 e. The lowest BCUT2D eigenvalue weighted by molar-refractivity contribution is 0.0910. The number of hydrogen-bond donors (Lipinski definition) is 2. The Morgan fingerprint density at radius 2 is 2.00 bits per heavy atom. The van der Waals surface area contributed by atoms with Gasteiger partial charge in [0.05, 0.1) is 11.0 Å². The van der Waals surface area contributed by atoms with Crippen LogP contribution in [-0.4, -0.2) is 46.0 Å². The molecule has 2 unspecified atom stereocenters. The van der Waals surface area contributed by atoms with Crippen LogP contribution in [0.5, 0.6) is 0 Å². The minimum atomic E-state index is -0.115. The second-order valence-electron chi connectivity index (χ2n) is 7.68. The van der Waals surface area contributed by atoms with Crippen LogP contribution in [0.4, 0.5) is 0 Å². The normalized spacial score (nSPS) is 20.3. The molecule has 0 radical (unpaired) electrons. The number of carbonyl (C=O) groups is 1. The van der Waals surface area contributed by atoms with Crippen molar-refractivity contribution in [1.82, 2.24) is 19.8 Å². The summed E-state index contributed by atoms with van der Waals surface area (Å²) in [6.45, 7) is 9.88. The van der Waals surface area contributed by atoms with E-state index in [9.17, 15) is 9.59 Å². The van der Waals surface area contributed by atoms with Gasteiger partial charge in [0.15, 0.2) is 0 Å². The minimum Gasteiger partial charge on any atom is -0.349 e. The number of nitrogens with zero attached hydrogens (tertiary/aromatic N) is 2. The van der Waals surface area contributed by atoms with Crippen molar-refractivity contribution in [1.29, 1.82) is 0 Å². The lowest BCUT2D eigenvalue weighted by Crippen LogP contribution is -2.41. The molecule has 27 heavy (non-hydrogen) atoms. The van der Waals surface area contributed by atoms with E-state index < -0.39 is 0 Å². The predicted molar refractivity (Wildman–Crippen MR) is 109 cm³/mol. The maximum Gasteiger partial charge on any atom is 0.326 e. The average molecular weight is 373 g/mol. The molecule has 1 fully saturated rings. The summed E-state index contributed by atoms with van der Waals surface area (Å²) < 4.78 is 1.76. The first kappa shape index (κ1) is 19.7. The van der Waals surface area contributed by atoms with E-state index in [1.54, 1.807) is 10.6 Å². The minimum absolute atomic E-state index is 0.0487. The third-order valence-electron chi connectivity index (χ3n) is 6.00. The second kappa shape index (κ2) is 8.74. The molecule has 1 aliphatic carbocycles. The van der Waals surface area contributed by atoms with Gasteiger partial charge in [-0.3, -0.25) is 9.36 Å². The Hall–Kier alpha value is -2.08. The molecule has 2 N–H and O–H groups in total. The molecule has 6 nitrogen and oxygen atoms in total. The van der Waals surface area contributed by atoms with Gasteiger partial charge in [-0.25, -0.2) is 4.79 Å². The maximum atomic E-state index is 12.7. The molecule has 1 aromatic heterocycles. The third-order valence-corrected chi connectivity index (χ3v) is 6.00. The summed E-state index contributed by atoms with van der Waals surface area (Å²) in [6.07, 6.45) is 4.65. The highest BCUT2D eigenvalue weighted by Crippen LogP contribution is 2.24. The van der Waals surface area contributed by atoms with Gasteiger partial charge < -0.3 is 15.2 Å². The van der Waals surface area contributed by atoms with Crippen LogP contribution in [0.3, 0.4) is 0 Å². The molecule has 1 aliphatic rings. The van der Waals surface area contributed by atoms with Gasteiger partial charge in [-0.1, -0.05) is 33.6 Å². The number of aromatic amines is 1. The number of amides is 1. The Bertz CT molecular complexity index is 834. The number of benzene rings is 1. The molecule has 2 atom stereocenters. The number of hydrogen-bond acceptors (Lipinski definition) is 3. The molecule has 148 valence electrons. The summed E-state index contributed by atoms with van der Waals surface area (Å²) in [5.41, 5.74) is 2.08. The first-order valence-electron chi connectivity index (χ1n) is 10.3. The standard InChI is InChI=1S/C21H32N4O2/c1-4-24(5-2)12-13-25-19-11-10-16(14-18(19)23-21(25)27)20(26)22-17-9-7-6-8-15(17)3/h10-11,14-15,17H,4-9,12-13H2,1-3H3,(H,22,26)(H,23,27). The van der Waals surface area contributed by atoms with Gasteiger partial charge in [0.25, 0.3) is 5.91 Å². The fourth-order valence-corrected chi connectivity index (χ4v) is 4.09. The van der Waals surface area contributed by atoms with Gasteiger partial charge in [0.1, 0.15) is 0 Å². The Labute approximate surface area is 160 Å². The summed E-state index contributed by atoms with van der Waals surface area (Å²) >= 11 is 0. The molecule has 2 aromatic rings. The van der Waals surface area contributed by atoms with Gasteiger partial charge in [0, 0.05) is 24.7 Å². The topological polar surface area (TPSA) is 70.1 Å². The lowest BCUT2D eigenvalue weighted by atomic mass is 9.86. The van der Waals surface area contributed by atoms with Crippen LogP contribution in [-0.2, 0) is 6.54 Å². The molecular formula is C21H32N4O2. The lowest BCUT2D eigenvalue weighted by Gasteiger charge is -2.29. The number of H-pyrrole nitrogens is 1. The van der Waals surface area contributed by atoms with Crippen molar-refractivity contribution >= 4 is 16.9 Å². The van der Waals surface area contributed by atoms with Gasteiger partial charge in [-0.15, -0.1) is 0 Å². The largest absolute Gasteiger partial charge is 0.349 e. The van der Waals surface area contributed by atoms with E-state index in [4.69, 9.17) is 0 Å². The van der Waals surface area contributed by atoms with E-state index >= 15 is 0 Å². The first-order valence-corrected chi connectivity index (χ1v) is 10.3. The quantitative estimate of drug-likeness (QED) is 0.785. The number of fused-ring (bicyclic) bond motifs is 1. The Morgan fingerprint density at radius 3 is 2.70 bits per heavy atom. The fourth-order valence-electron chi connectivity index (χ4n) is 4.09. The predicted octanol–water partition coefficient (Wildman–Crippen LogP) is 2.98. The van der Waals surface area contributed by atoms with E-state index in [-0.39, 0.29) is 17.6 Å². The van der Waals surface area contributed by atoms with Crippen molar-refractivity contribution in [2.24, 2.45) is 5.92 Å². The SMILES string of the molecule is CCN(CC)CCn1c(=O)[nH]c2cc(C(=O)NC3CCCCC3C)ccc21. The Balaban J connectivity index is 1.75. The van der Waals surface area contributed by atoms with Crippen LogP contribution in [0.1, 0.15) is 56.8 Å². The van der Waals surface area contributed by atoms with Crippen molar-refractivity contribution in [3.63, 3.8) is 0 Å². The van der Waals surface area contributed by atoms with Crippen molar-refractivity contribution in [2.45, 2.75) is 59.0 Å². The summed E-state index contributed by atoms with van der Waals surface area (Å²) in [7, 11) is 0. The Kier molecular flexibility index (Phi) is 6.37. The molecular weight excluding hydrogens is 340 g/mol. The number of imidazole rings is 1. The van der Waals surface area contributed by atoms with Gasteiger partial charge in [-0.2, -0.15) is 0 Å². The number of aromatic nitrogens is 2. The van der Waals surface area contributed by atoms with E-state index in [0.717, 1.165) is 37.1 Å². The monoisotopic (exact) mass is 372 g/mol. The number of carbonyl (C=O) groups excluding carboxylic acids is 1. The summed E-state index contributed by atoms with van der Waals surface area (Å²) in [5, 5.41) is 3.18. The number of nitrogens with one attached hydrogen (secondary N) is 2. The molecule has 0 aliphatic heterocycles. The van der Waals surface area contributed by atoms with E-state index in [2.05, 4.69) is 36.0 Å². The van der Waals surface area contributed by atoms with Gasteiger partial charge in [-0.05, 0) is 50.0 Å². The zero-order valence-corrected chi connectivity index (χ0v) is 16.8. The fraction of sp³-hybridized carbons (Fsp3) is 0.619. The van der Waals surface area contributed by atoms with E-state index in [1.165, 1.54) is 19.3 Å². The first-order chi connectivity index (χ1) is 13.0. The maximum absolute atomic E-state index is 12.7. The van der Waals surface area contributed by atoms with Crippen LogP contribution >= 0.6 is 0 Å². The molecule has 1 saturated carbocycles. The molecule has 6 heteroatoms. The molecule has 1 aromatic carbocycles. The molecule has 0 saturated heterocycles. The molecule has 3 rings (SSSR count). The highest BCUT2D eigenvalue weighted by Gasteiger charge is 2.23. The zero-order valence-electron chi connectivity index (χ0n) is 16.8. The highest BCUT2D eigenvalue weighted by atomic mass is 16.2. The van der Waals surface area contributed by atoms with Crippen LogP contribution < -0.4 is 11.0 Å². The second-order valence-corrected chi connectivity index (χ2v) is 7.68. The molecule has 1 heterocycles. The van der Waals surface area contributed by atoms with Crippen molar-refractivity contribution in [2.75, 3.05) is 19.6 Å². The van der Waals surface area contributed by atoms with E-state index in [0.29, 0.717) is 18.0 Å². The van der Waals surface area contributed by atoms with Crippen molar-refractivity contribution in [3.05, 3.63) is 34.2 Å². The van der Waals surface area contributed by atoms with Gasteiger partial charge >= 0.3 is 5.69 Å². The Morgan fingerprint density at radius 1 is 1.26 bits per heavy atom. The number of rotatable bonds is 7.